The third kappa shape index (κ3) is 2.25. The first-order valence-electron chi connectivity index (χ1n) is 7.55. The van der Waals surface area contributed by atoms with Gasteiger partial charge in [0.2, 0.25) is 0 Å². The second-order valence-electron chi connectivity index (χ2n) is 6.36. The second-order valence-corrected chi connectivity index (χ2v) is 6.36. The summed E-state index contributed by atoms with van der Waals surface area (Å²) in [7, 11) is 0. The highest BCUT2D eigenvalue weighted by molar-refractivity contribution is 5.82. The van der Waals surface area contributed by atoms with E-state index in [1.54, 1.807) is 0 Å². The van der Waals surface area contributed by atoms with Crippen LogP contribution in [0.25, 0.3) is 11.1 Å². The zero-order valence-corrected chi connectivity index (χ0v) is 14.5. The molecule has 0 unspecified atom stereocenters. The number of hydrogen-bond donors (Lipinski definition) is 1. The van der Waals surface area contributed by atoms with Crippen LogP contribution in [0.15, 0.2) is 6.07 Å². The van der Waals surface area contributed by atoms with Crippen molar-refractivity contribution in [3.63, 3.8) is 0 Å². The molecule has 2 rings (SSSR count). The van der Waals surface area contributed by atoms with E-state index in [-0.39, 0.29) is 0 Å². The summed E-state index contributed by atoms with van der Waals surface area (Å²) < 4.78 is 0. The summed E-state index contributed by atoms with van der Waals surface area (Å²) in [5.74, 6) is 0.435. The Hall–Kier alpha value is -1.76. The summed E-state index contributed by atoms with van der Waals surface area (Å²) in [4.78, 5) is 0. The molecule has 21 heavy (non-hydrogen) atoms. The minimum Gasteiger partial charge on any atom is -0.507 e. The Kier molecular flexibility index (Phi) is 3.88. The van der Waals surface area contributed by atoms with Gasteiger partial charge in [-0.3, -0.25) is 0 Å². The predicted octanol–water partition coefficient (Wildman–Crippen LogP) is 5.53. The van der Waals surface area contributed by atoms with Crippen LogP contribution in [0, 0.1) is 55.4 Å². The van der Waals surface area contributed by atoms with Gasteiger partial charge in [0.05, 0.1) is 0 Å². The van der Waals surface area contributed by atoms with Crippen molar-refractivity contribution < 1.29 is 5.11 Å². The van der Waals surface area contributed by atoms with Crippen molar-refractivity contribution in [1.29, 1.82) is 0 Å². The summed E-state index contributed by atoms with van der Waals surface area (Å²) in [6, 6.07) is 2.22. The molecule has 1 heteroatoms. The van der Waals surface area contributed by atoms with E-state index in [1.807, 2.05) is 6.92 Å². The maximum absolute atomic E-state index is 10.7. The fraction of sp³-hybridized carbons (Fsp3) is 0.400. The lowest BCUT2D eigenvalue weighted by Gasteiger charge is -2.22. The van der Waals surface area contributed by atoms with E-state index in [0.717, 1.165) is 11.1 Å². The monoisotopic (exact) mass is 282 g/mol. The number of hydrogen-bond acceptors (Lipinski definition) is 1. The van der Waals surface area contributed by atoms with Crippen LogP contribution in [0.4, 0.5) is 0 Å². The number of aromatic hydroxyl groups is 1. The van der Waals surface area contributed by atoms with E-state index in [2.05, 4.69) is 54.5 Å². The molecule has 1 nitrogen and oxygen atoms in total. The number of aryl methyl sites for hydroxylation is 2. The van der Waals surface area contributed by atoms with Gasteiger partial charge in [0.1, 0.15) is 5.75 Å². The molecule has 0 amide bonds. The summed E-state index contributed by atoms with van der Waals surface area (Å²) in [6.45, 7) is 17.0. The molecule has 0 bridgehead atoms. The van der Waals surface area contributed by atoms with Gasteiger partial charge in [0.15, 0.2) is 0 Å². The van der Waals surface area contributed by atoms with Crippen LogP contribution in [0.3, 0.4) is 0 Å². The Morgan fingerprint density at radius 1 is 0.524 bits per heavy atom. The zero-order chi connectivity index (χ0) is 16.1. The van der Waals surface area contributed by atoms with Crippen molar-refractivity contribution in [3.8, 4) is 16.9 Å². The number of rotatable bonds is 1. The first-order chi connectivity index (χ1) is 9.68. The molecular weight excluding hydrogens is 256 g/mol. The highest BCUT2D eigenvalue weighted by atomic mass is 16.3. The van der Waals surface area contributed by atoms with E-state index >= 15 is 0 Å². The Morgan fingerprint density at radius 3 is 1.57 bits per heavy atom. The van der Waals surface area contributed by atoms with Crippen molar-refractivity contribution in [2.24, 2.45) is 0 Å². The topological polar surface area (TPSA) is 20.2 Å². The molecule has 0 aromatic heterocycles. The molecule has 0 saturated carbocycles. The van der Waals surface area contributed by atoms with Gasteiger partial charge in [0.25, 0.3) is 0 Å². The molecule has 2 aromatic rings. The van der Waals surface area contributed by atoms with Crippen molar-refractivity contribution in [3.05, 3.63) is 50.6 Å². The van der Waals surface area contributed by atoms with E-state index < -0.39 is 0 Å². The van der Waals surface area contributed by atoms with E-state index in [4.69, 9.17) is 0 Å². The van der Waals surface area contributed by atoms with E-state index in [1.165, 1.54) is 44.5 Å². The molecule has 0 aliphatic rings. The van der Waals surface area contributed by atoms with Crippen LogP contribution in [0.2, 0.25) is 0 Å². The minimum absolute atomic E-state index is 0.435. The third-order valence-electron chi connectivity index (χ3n) is 5.26. The molecular formula is C20H26O. The van der Waals surface area contributed by atoms with Gasteiger partial charge in [-0.25, -0.2) is 0 Å². The average Bonchev–Trinajstić information content (AvgIpc) is 2.44. The number of benzene rings is 2. The van der Waals surface area contributed by atoms with Crippen LogP contribution in [-0.2, 0) is 0 Å². The summed E-state index contributed by atoms with van der Waals surface area (Å²) in [5, 5.41) is 10.7. The summed E-state index contributed by atoms with van der Waals surface area (Å²) in [6.07, 6.45) is 0. The molecule has 0 fully saturated rings. The van der Waals surface area contributed by atoms with Gasteiger partial charge in [-0.1, -0.05) is 6.07 Å². The van der Waals surface area contributed by atoms with Gasteiger partial charge in [-0.2, -0.15) is 0 Å². The predicted molar refractivity (Wildman–Crippen MR) is 91.4 cm³/mol. The Morgan fingerprint density at radius 2 is 1.00 bits per heavy atom. The highest BCUT2D eigenvalue weighted by Gasteiger charge is 2.20. The molecule has 2 aromatic carbocycles. The molecule has 0 aliphatic carbocycles. The lowest BCUT2D eigenvalue weighted by atomic mass is 9.84. The van der Waals surface area contributed by atoms with Crippen LogP contribution in [0.5, 0.6) is 5.75 Å². The largest absolute Gasteiger partial charge is 0.507 e. The van der Waals surface area contributed by atoms with Crippen LogP contribution < -0.4 is 0 Å². The molecule has 0 spiro atoms. The smallest absolute Gasteiger partial charge is 0.126 e. The molecule has 112 valence electrons. The molecule has 0 atom stereocenters. The number of phenolic OH excluding ortho intramolecular Hbond substituents is 1. The lowest BCUT2D eigenvalue weighted by molar-refractivity contribution is 0.472. The Balaban J connectivity index is 2.96. The minimum atomic E-state index is 0.435. The van der Waals surface area contributed by atoms with Crippen molar-refractivity contribution in [1.82, 2.24) is 0 Å². The molecule has 1 N–H and O–H groups in total. The van der Waals surface area contributed by atoms with Gasteiger partial charge in [0, 0.05) is 5.56 Å². The molecule has 0 heterocycles. The Bertz CT molecular complexity index is 707. The normalized spacial score (nSPS) is 11.0. The maximum Gasteiger partial charge on any atom is 0.126 e. The van der Waals surface area contributed by atoms with Gasteiger partial charge in [-0.05, 0) is 105 Å². The second kappa shape index (κ2) is 5.22. The van der Waals surface area contributed by atoms with Crippen LogP contribution in [-0.4, -0.2) is 5.11 Å². The quantitative estimate of drug-likeness (QED) is 0.729. The van der Waals surface area contributed by atoms with Gasteiger partial charge >= 0.3 is 0 Å². The summed E-state index contributed by atoms with van der Waals surface area (Å²) >= 11 is 0. The van der Waals surface area contributed by atoms with Gasteiger partial charge < -0.3 is 5.11 Å². The average molecular weight is 282 g/mol. The lowest BCUT2D eigenvalue weighted by Crippen LogP contribution is -2.01. The first kappa shape index (κ1) is 15.6. The van der Waals surface area contributed by atoms with Gasteiger partial charge in [-0.15, -0.1) is 0 Å². The van der Waals surface area contributed by atoms with E-state index in [9.17, 15) is 5.11 Å². The number of phenols is 1. The Labute approximate surface area is 128 Å². The SMILES string of the molecule is Cc1cc(C)c(-c2c(C)c(C)c(C)c(C)c2O)c(C)c1C. The fourth-order valence-electron chi connectivity index (χ4n) is 3.27. The molecule has 0 radical (unpaired) electrons. The standard InChI is InChI=1S/C20H26O/c1-10-9-11(2)18(15(6)12(10)3)19-16(7)13(4)14(5)17(8)20(19)21/h9,21H,1-8H3. The highest BCUT2D eigenvalue weighted by Crippen LogP contribution is 2.42. The molecule has 0 aliphatic heterocycles. The molecule has 0 saturated heterocycles. The zero-order valence-electron chi connectivity index (χ0n) is 14.5. The van der Waals surface area contributed by atoms with E-state index in [0.29, 0.717) is 5.75 Å². The third-order valence-corrected chi connectivity index (χ3v) is 5.26. The maximum atomic E-state index is 10.7. The van der Waals surface area contributed by atoms with Crippen molar-refractivity contribution in [2.45, 2.75) is 55.4 Å². The van der Waals surface area contributed by atoms with Crippen molar-refractivity contribution >= 4 is 0 Å². The summed E-state index contributed by atoms with van der Waals surface area (Å²) in [5.41, 5.74) is 12.0. The fourth-order valence-corrected chi connectivity index (χ4v) is 3.27. The van der Waals surface area contributed by atoms with Crippen LogP contribution >= 0.6 is 0 Å². The van der Waals surface area contributed by atoms with Crippen molar-refractivity contribution in [2.75, 3.05) is 0 Å². The van der Waals surface area contributed by atoms with Crippen LogP contribution in [0.1, 0.15) is 44.5 Å². The first-order valence-corrected chi connectivity index (χ1v) is 7.55.